The molecule has 0 nitrogen and oxygen atoms in total. The first-order valence-corrected chi connectivity index (χ1v) is 6.16. The van der Waals surface area contributed by atoms with Crippen LogP contribution in [0.5, 0.6) is 0 Å². The average Bonchev–Trinajstić information content (AvgIpc) is 1.77. The van der Waals surface area contributed by atoms with Crippen LogP contribution in [0.4, 0.5) is 0 Å². The van der Waals surface area contributed by atoms with E-state index >= 15 is 0 Å². The standard InChI is InChI=1S/C14H28/c1-12(2,3)10-11-14(8-7-9-14)13(4,5)6/h7-11H2,1-6H3. The highest BCUT2D eigenvalue weighted by Gasteiger charge is 2.46. The van der Waals surface area contributed by atoms with E-state index in [0.717, 1.165) is 0 Å². The third-order valence-electron chi connectivity index (χ3n) is 4.26. The summed E-state index contributed by atoms with van der Waals surface area (Å²) in [7, 11) is 0. The average molecular weight is 196 g/mol. The maximum atomic E-state index is 2.43. The molecule has 84 valence electrons. The molecule has 0 aliphatic heterocycles. The zero-order chi connectivity index (χ0) is 11.0. The first-order chi connectivity index (χ1) is 6.16. The van der Waals surface area contributed by atoms with Gasteiger partial charge in [0.1, 0.15) is 0 Å². The Labute approximate surface area is 90.5 Å². The molecule has 1 aliphatic rings. The summed E-state index contributed by atoms with van der Waals surface area (Å²) in [6.45, 7) is 14.4. The van der Waals surface area contributed by atoms with E-state index in [0.29, 0.717) is 16.2 Å². The molecular formula is C14H28. The molecule has 14 heavy (non-hydrogen) atoms. The summed E-state index contributed by atoms with van der Waals surface area (Å²) >= 11 is 0. The van der Waals surface area contributed by atoms with E-state index in [2.05, 4.69) is 41.5 Å². The summed E-state index contributed by atoms with van der Waals surface area (Å²) in [4.78, 5) is 0. The highest BCUT2D eigenvalue weighted by atomic mass is 14.5. The quantitative estimate of drug-likeness (QED) is 0.581. The van der Waals surface area contributed by atoms with Gasteiger partial charge in [0.2, 0.25) is 0 Å². The molecule has 1 rings (SSSR count). The Morgan fingerprint density at radius 3 is 1.64 bits per heavy atom. The van der Waals surface area contributed by atoms with Crippen LogP contribution in [0.2, 0.25) is 0 Å². The predicted octanol–water partition coefficient (Wildman–Crippen LogP) is 5.03. The predicted molar refractivity (Wildman–Crippen MR) is 64.4 cm³/mol. The van der Waals surface area contributed by atoms with Crippen LogP contribution in [-0.4, -0.2) is 0 Å². The topological polar surface area (TPSA) is 0 Å². The van der Waals surface area contributed by atoms with Crippen LogP contribution >= 0.6 is 0 Å². The Bertz CT molecular complexity index is 183. The van der Waals surface area contributed by atoms with Crippen molar-refractivity contribution in [3.8, 4) is 0 Å². The molecule has 0 N–H and O–H groups in total. The third-order valence-corrected chi connectivity index (χ3v) is 4.26. The normalized spacial score (nSPS) is 21.9. The largest absolute Gasteiger partial charge is 0.0602 e. The first kappa shape index (κ1) is 12.1. The molecule has 1 aliphatic carbocycles. The number of hydrogen-bond donors (Lipinski definition) is 0. The molecule has 0 atom stereocenters. The van der Waals surface area contributed by atoms with E-state index in [1.807, 2.05) is 0 Å². The molecule has 0 unspecified atom stereocenters. The van der Waals surface area contributed by atoms with Gasteiger partial charge in [-0.25, -0.2) is 0 Å². The van der Waals surface area contributed by atoms with Gasteiger partial charge in [0.15, 0.2) is 0 Å². The minimum atomic E-state index is 0.508. The second-order valence-corrected chi connectivity index (χ2v) is 7.44. The van der Waals surface area contributed by atoms with Crippen molar-refractivity contribution in [2.75, 3.05) is 0 Å². The van der Waals surface area contributed by atoms with Crippen molar-refractivity contribution in [3.63, 3.8) is 0 Å². The van der Waals surface area contributed by atoms with Crippen LogP contribution in [0, 0.1) is 16.2 Å². The van der Waals surface area contributed by atoms with Crippen molar-refractivity contribution in [1.82, 2.24) is 0 Å². The molecule has 0 aromatic heterocycles. The maximum Gasteiger partial charge on any atom is -0.0249 e. The Kier molecular flexibility index (Phi) is 3.05. The van der Waals surface area contributed by atoms with Crippen LogP contribution < -0.4 is 0 Å². The molecule has 0 amide bonds. The van der Waals surface area contributed by atoms with Gasteiger partial charge in [-0.05, 0) is 41.9 Å². The second-order valence-electron chi connectivity index (χ2n) is 7.44. The Morgan fingerprint density at radius 1 is 0.929 bits per heavy atom. The lowest BCUT2D eigenvalue weighted by molar-refractivity contribution is -0.0210. The van der Waals surface area contributed by atoms with Crippen LogP contribution in [0.3, 0.4) is 0 Å². The molecule has 0 radical (unpaired) electrons. The summed E-state index contributed by atoms with van der Waals surface area (Å²) in [5.74, 6) is 0. The fourth-order valence-corrected chi connectivity index (χ4v) is 2.59. The van der Waals surface area contributed by atoms with E-state index in [1.165, 1.54) is 32.1 Å². The SMILES string of the molecule is CC(C)(C)CCC1(C(C)(C)C)CCC1. The highest BCUT2D eigenvalue weighted by Crippen LogP contribution is 2.57. The van der Waals surface area contributed by atoms with Crippen molar-refractivity contribution in [2.45, 2.75) is 73.6 Å². The monoisotopic (exact) mass is 196 g/mol. The van der Waals surface area contributed by atoms with Crippen LogP contribution in [0.15, 0.2) is 0 Å². The Hall–Kier alpha value is 0. The van der Waals surface area contributed by atoms with Gasteiger partial charge >= 0.3 is 0 Å². The van der Waals surface area contributed by atoms with E-state index in [9.17, 15) is 0 Å². The first-order valence-electron chi connectivity index (χ1n) is 6.16. The van der Waals surface area contributed by atoms with Crippen molar-refractivity contribution in [3.05, 3.63) is 0 Å². The van der Waals surface area contributed by atoms with Crippen molar-refractivity contribution >= 4 is 0 Å². The van der Waals surface area contributed by atoms with Gasteiger partial charge in [-0.2, -0.15) is 0 Å². The zero-order valence-corrected chi connectivity index (χ0v) is 11.0. The van der Waals surface area contributed by atoms with Gasteiger partial charge < -0.3 is 0 Å². The lowest BCUT2D eigenvalue weighted by Gasteiger charge is -2.53. The Balaban J connectivity index is 2.56. The van der Waals surface area contributed by atoms with Crippen LogP contribution in [0.1, 0.15) is 73.6 Å². The van der Waals surface area contributed by atoms with Gasteiger partial charge in [0.05, 0.1) is 0 Å². The molecule has 0 spiro atoms. The molecular weight excluding hydrogens is 168 g/mol. The van der Waals surface area contributed by atoms with Gasteiger partial charge in [0.25, 0.3) is 0 Å². The van der Waals surface area contributed by atoms with E-state index < -0.39 is 0 Å². The maximum absolute atomic E-state index is 2.43. The fourth-order valence-electron chi connectivity index (χ4n) is 2.59. The lowest BCUT2D eigenvalue weighted by Crippen LogP contribution is -2.42. The number of rotatable bonds is 2. The number of hydrogen-bond acceptors (Lipinski definition) is 0. The second kappa shape index (κ2) is 3.54. The molecule has 0 aromatic carbocycles. The summed E-state index contributed by atoms with van der Waals surface area (Å²) in [6, 6.07) is 0. The van der Waals surface area contributed by atoms with Gasteiger partial charge in [-0.3, -0.25) is 0 Å². The molecule has 0 bridgehead atoms. The Morgan fingerprint density at radius 2 is 1.43 bits per heavy atom. The molecule has 0 heterocycles. The molecule has 0 heteroatoms. The molecule has 1 saturated carbocycles. The van der Waals surface area contributed by atoms with Crippen molar-refractivity contribution in [2.24, 2.45) is 16.2 Å². The van der Waals surface area contributed by atoms with Gasteiger partial charge in [-0.15, -0.1) is 0 Å². The fraction of sp³-hybridized carbons (Fsp3) is 1.00. The van der Waals surface area contributed by atoms with E-state index in [4.69, 9.17) is 0 Å². The van der Waals surface area contributed by atoms with Gasteiger partial charge in [0, 0.05) is 0 Å². The molecule has 1 fully saturated rings. The third kappa shape index (κ3) is 2.52. The summed E-state index contributed by atoms with van der Waals surface area (Å²) in [6.07, 6.45) is 7.20. The minimum Gasteiger partial charge on any atom is -0.0602 e. The van der Waals surface area contributed by atoms with Crippen LogP contribution in [0.25, 0.3) is 0 Å². The minimum absolute atomic E-state index is 0.508. The summed E-state index contributed by atoms with van der Waals surface area (Å²) < 4.78 is 0. The highest BCUT2D eigenvalue weighted by molar-refractivity contribution is 4.96. The summed E-state index contributed by atoms with van der Waals surface area (Å²) in [5.41, 5.74) is 1.69. The van der Waals surface area contributed by atoms with Crippen molar-refractivity contribution < 1.29 is 0 Å². The zero-order valence-electron chi connectivity index (χ0n) is 11.0. The molecule has 0 aromatic rings. The smallest absolute Gasteiger partial charge is 0.0249 e. The van der Waals surface area contributed by atoms with E-state index in [-0.39, 0.29) is 0 Å². The van der Waals surface area contributed by atoms with E-state index in [1.54, 1.807) is 0 Å². The lowest BCUT2D eigenvalue weighted by atomic mass is 9.52. The van der Waals surface area contributed by atoms with Crippen molar-refractivity contribution in [1.29, 1.82) is 0 Å². The van der Waals surface area contributed by atoms with Gasteiger partial charge in [-0.1, -0.05) is 48.0 Å². The molecule has 0 saturated heterocycles. The summed E-state index contributed by atoms with van der Waals surface area (Å²) in [5, 5.41) is 0. The van der Waals surface area contributed by atoms with Crippen LogP contribution in [-0.2, 0) is 0 Å².